The van der Waals surface area contributed by atoms with Crippen molar-refractivity contribution in [3.63, 3.8) is 0 Å². The second kappa shape index (κ2) is 13.3. The fourth-order valence-electron chi connectivity index (χ4n) is 4.17. The summed E-state index contributed by atoms with van der Waals surface area (Å²) >= 11 is 6.34. The van der Waals surface area contributed by atoms with Crippen LogP contribution in [0.25, 0.3) is 11.0 Å². The molecule has 1 fully saturated rings. The maximum absolute atomic E-state index is 12.8. The van der Waals surface area contributed by atoms with Crippen molar-refractivity contribution in [1.82, 2.24) is 10.2 Å². The molecule has 9 heteroatoms. The fraction of sp³-hybridized carbons (Fsp3) is 0.400. The van der Waals surface area contributed by atoms with Crippen molar-refractivity contribution >= 4 is 47.4 Å². The Labute approximate surface area is 217 Å². The molecule has 1 aliphatic rings. The van der Waals surface area contributed by atoms with Crippen LogP contribution < -0.4 is 10.9 Å². The maximum Gasteiger partial charge on any atom is 0.340 e. The van der Waals surface area contributed by atoms with E-state index in [1.165, 1.54) is 0 Å². The van der Waals surface area contributed by atoms with Gasteiger partial charge in [-0.3, -0.25) is 4.90 Å². The van der Waals surface area contributed by atoms with Gasteiger partial charge < -0.3 is 19.6 Å². The van der Waals surface area contributed by atoms with Gasteiger partial charge in [0.2, 0.25) is 0 Å². The molecule has 1 aliphatic heterocycles. The molecule has 2 aromatic carbocycles. The lowest BCUT2D eigenvalue weighted by Gasteiger charge is -2.26. The van der Waals surface area contributed by atoms with E-state index in [0.29, 0.717) is 29.7 Å². The van der Waals surface area contributed by atoms with Crippen LogP contribution in [-0.2, 0) is 17.7 Å². The Hall–Kier alpha value is -1.80. The number of phenols is 1. The number of phenolic OH excluding ortho intramolecular Hbond substituents is 1. The summed E-state index contributed by atoms with van der Waals surface area (Å²) in [7, 11) is 0. The monoisotopic (exact) mass is 528 g/mol. The van der Waals surface area contributed by atoms with Crippen molar-refractivity contribution in [3.8, 4) is 5.75 Å². The molecule has 0 radical (unpaired) electrons. The highest BCUT2D eigenvalue weighted by Gasteiger charge is 2.19. The van der Waals surface area contributed by atoms with E-state index in [4.69, 9.17) is 20.8 Å². The molecule has 0 spiro atoms. The summed E-state index contributed by atoms with van der Waals surface area (Å²) in [6, 6.07) is 11.5. The van der Waals surface area contributed by atoms with E-state index in [1.54, 1.807) is 6.07 Å². The van der Waals surface area contributed by atoms with Gasteiger partial charge in [0.05, 0.1) is 23.8 Å². The molecule has 4 rings (SSSR count). The minimum atomic E-state index is -0.380. The molecule has 2 heterocycles. The molecule has 0 saturated carbocycles. The van der Waals surface area contributed by atoms with E-state index in [-0.39, 0.29) is 41.2 Å². The van der Waals surface area contributed by atoms with Crippen LogP contribution in [0.3, 0.4) is 0 Å². The summed E-state index contributed by atoms with van der Waals surface area (Å²) in [6.07, 6.45) is 1.46. The van der Waals surface area contributed by atoms with E-state index in [0.717, 1.165) is 62.3 Å². The number of fused-ring (bicyclic) bond motifs is 1. The molecule has 2 N–H and O–H groups in total. The number of aromatic hydroxyl groups is 1. The fourth-order valence-corrected chi connectivity index (χ4v) is 4.40. The zero-order chi connectivity index (χ0) is 22.5. The van der Waals surface area contributed by atoms with E-state index in [2.05, 4.69) is 10.2 Å². The standard InChI is InChI=1S/C25H29ClN2O4.2ClH/c1-17-19-15-22(26)23(29)21(16-27-8-5-9-28-10-12-31-13-11-28)24(19)32-25(30)20(17)14-18-6-3-2-4-7-18;;/h2-4,6-7,15,27,29H,5,8-14,16H2,1H3;2*1H. The van der Waals surface area contributed by atoms with Crippen LogP contribution in [0.5, 0.6) is 5.75 Å². The quantitative estimate of drug-likeness (QED) is 0.325. The first-order chi connectivity index (χ1) is 15.5. The summed E-state index contributed by atoms with van der Waals surface area (Å²) in [5, 5.41) is 15.0. The van der Waals surface area contributed by atoms with E-state index < -0.39 is 0 Å². The molecule has 0 atom stereocenters. The van der Waals surface area contributed by atoms with E-state index >= 15 is 0 Å². The van der Waals surface area contributed by atoms with Gasteiger partial charge in [-0.25, -0.2) is 4.79 Å². The number of ether oxygens (including phenoxy) is 1. The summed E-state index contributed by atoms with van der Waals surface area (Å²) in [4.78, 5) is 15.2. The normalized spacial score (nSPS) is 13.9. The molecule has 0 amide bonds. The molecule has 0 bridgehead atoms. The topological polar surface area (TPSA) is 74.9 Å². The number of halogens is 3. The first-order valence-electron chi connectivity index (χ1n) is 11.1. The molecule has 34 heavy (non-hydrogen) atoms. The van der Waals surface area contributed by atoms with Gasteiger partial charge in [-0.15, -0.1) is 24.8 Å². The first kappa shape index (κ1) is 28.4. The van der Waals surface area contributed by atoms with Crippen LogP contribution in [0.2, 0.25) is 5.02 Å². The van der Waals surface area contributed by atoms with Crippen LogP contribution in [0.1, 0.15) is 28.7 Å². The summed E-state index contributed by atoms with van der Waals surface area (Å²) in [5.41, 5.74) is 3.01. The number of hydrogen-bond donors (Lipinski definition) is 2. The van der Waals surface area contributed by atoms with Gasteiger partial charge in [-0.2, -0.15) is 0 Å². The average Bonchev–Trinajstić information content (AvgIpc) is 2.81. The van der Waals surface area contributed by atoms with Crippen molar-refractivity contribution in [2.24, 2.45) is 0 Å². The number of aryl methyl sites for hydroxylation is 1. The van der Waals surface area contributed by atoms with E-state index in [1.807, 2.05) is 37.3 Å². The Morgan fingerprint density at radius 2 is 1.82 bits per heavy atom. The van der Waals surface area contributed by atoms with Crippen LogP contribution >= 0.6 is 36.4 Å². The molecule has 1 aromatic heterocycles. The highest BCUT2D eigenvalue weighted by molar-refractivity contribution is 6.33. The van der Waals surface area contributed by atoms with Crippen molar-refractivity contribution in [2.45, 2.75) is 26.3 Å². The molecular weight excluding hydrogens is 499 g/mol. The lowest BCUT2D eigenvalue weighted by molar-refractivity contribution is 0.0374. The lowest BCUT2D eigenvalue weighted by atomic mass is 9.98. The van der Waals surface area contributed by atoms with Crippen molar-refractivity contribution in [2.75, 3.05) is 39.4 Å². The summed E-state index contributed by atoms with van der Waals surface area (Å²) < 4.78 is 11.1. The first-order valence-corrected chi connectivity index (χ1v) is 11.4. The molecular formula is C25H31Cl3N2O4. The van der Waals surface area contributed by atoms with Gasteiger partial charge in [-0.1, -0.05) is 41.9 Å². The molecule has 3 aromatic rings. The SMILES string of the molecule is Cc1c(Cc2ccccc2)c(=O)oc2c(CNCCCN3CCOCC3)c(O)c(Cl)cc12.Cl.Cl. The van der Waals surface area contributed by atoms with Crippen LogP contribution in [0.4, 0.5) is 0 Å². The summed E-state index contributed by atoms with van der Waals surface area (Å²) in [5.74, 6) is -0.0433. The molecule has 6 nitrogen and oxygen atoms in total. The number of benzene rings is 2. The van der Waals surface area contributed by atoms with Gasteiger partial charge in [0, 0.05) is 37.0 Å². The van der Waals surface area contributed by atoms with Crippen molar-refractivity contribution in [3.05, 3.63) is 74.1 Å². The minimum absolute atomic E-state index is 0. The highest BCUT2D eigenvalue weighted by Crippen LogP contribution is 2.36. The Morgan fingerprint density at radius 3 is 2.53 bits per heavy atom. The number of morpholine rings is 1. The van der Waals surface area contributed by atoms with Crippen LogP contribution in [0, 0.1) is 6.92 Å². The number of nitrogens with zero attached hydrogens (tertiary/aromatic N) is 1. The van der Waals surface area contributed by atoms with Gasteiger partial charge in [0.25, 0.3) is 0 Å². The molecule has 1 saturated heterocycles. The molecule has 186 valence electrons. The van der Waals surface area contributed by atoms with Crippen molar-refractivity contribution in [1.29, 1.82) is 0 Å². The Morgan fingerprint density at radius 1 is 1.12 bits per heavy atom. The predicted octanol–water partition coefficient (Wildman–Crippen LogP) is 4.71. The zero-order valence-electron chi connectivity index (χ0n) is 19.1. The third kappa shape index (κ3) is 6.66. The lowest BCUT2D eigenvalue weighted by Crippen LogP contribution is -2.37. The number of rotatable bonds is 8. The highest BCUT2D eigenvalue weighted by atomic mass is 35.5. The van der Waals surface area contributed by atoms with Gasteiger partial charge >= 0.3 is 5.63 Å². The summed E-state index contributed by atoms with van der Waals surface area (Å²) in [6.45, 7) is 7.57. The van der Waals surface area contributed by atoms with Crippen LogP contribution in [-0.4, -0.2) is 49.4 Å². The third-order valence-corrected chi connectivity index (χ3v) is 6.34. The third-order valence-electron chi connectivity index (χ3n) is 6.06. The Balaban J connectivity index is 0.00000204. The smallest absolute Gasteiger partial charge is 0.340 e. The van der Waals surface area contributed by atoms with Crippen LogP contribution in [0.15, 0.2) is 45.6 Å². The molecule has 0 aliphatic carbocycles. The van der Waals surface area contributed by atoms with Gasteiger partial charge in [0.15, 0.2) is 0 Å². The van der Waals surface area contributed by atoms with Gasteiger partial charge in [0.1, 0.15) is 11.3 Å². The Bertz CT molecular complexity index is 1130. The number of hydrogen-bond acceptors (Lipinski definition) is 6. The predicted molar refractivity (Wildman–Crippen MR) is 141 cm³/mol. The zero-order valence-corrected chi connectivity index (χ0v) is 21.5. The largest absolute Gasteiger partial charge is 0.506 e. The molecule has 0 unspecified atom stereocenters. The van der Waals surface area contributed by atoms with Crippen molar-refractivity contribution < 1.29 is 14.3 Å². The minimum Gasteiger partial charge on any atom is -0.506 e. The average molecular weight is 530 g/mol. The van der Waals surface area contributed by atoms with E-state index in [9.17, 15) is 9.90 Å². The number of nitrogens with one attached hydrogen (secondary N) is 1. The van der Waals surface area contributed by atoms with Gasteiger partial charge in [-0.05, 0) is 43.6 Å². The second-order valence-corrected chi connectivity index (χ2v) is 8.61. The Kier molecular flexibility index (Phi) is 11.2. The maximum atomic E-state index is 12.8. The second-order valence-electron chi connectivity index (χ2n) is 8.20.